The fourth-order valence-electron chi connectivity index (χ4n) is 2.61. The molecule has 2 N–H and O–H groups in total. The van der Waals surface area contributed by atoms with Crippen LogP contribution in [0.3, 0.4) is 0 Å². The maximum atomic E-state index is 6.08. The van der Waals surface area contributed by atoms with Crippen molar-refractivity contribution in [3.8, 4) is 11.3 Å². The van der Waals surface area contributed by atoms with Gasteiger partial charge in [-0.05, 0) is 24.1 Å². The van der Waals surface area contributed by atoms with Crippen LogP contribution in [0.5, 0.6) is 0 Å². The van der Waals surface area contributed by atoms with Gasteiger partial charge in [0.15, 0.2) is 0 Å². The maximum absolute atomic E-state index is 6.08. The summed E-state index contributed by atoms with van der Waals surface area (Å²) in [5.41, 5.74) is 9.10. The molecule has 0 aliphatic carbocycles. The Labute approximate surface area is 124 Å². The van der Waals surface area contributed by atoms with Crippen molar-refractivity contribution in [2.75, 3.05) is 5.73 Å². The van der Waals surface area contributed by atoms with Gasteiger partial charge in [-0.15, -0.1) is 0 Å². The van der Waals surface area contributed by atoms with Crippen molar-refractivity contribution in [3.63, 3.8) is 0 Å². The van der Waals surface area contributed by atoms with Gasteiger partial charge in [0, 0.05) is 17.5 Å². The summed E-state index contributed by atoms with van der Waals surface area (Å²) in [6, 6.07) is 14.6. The van der Waals surface area contributed by atoms with E-state index in [0.29, 0.717) is 5.82 Å². The van der Waals surface area contributed by atoms with Crippen LogP contribution in [0.25, 0.3) is 22.0 Å². The lowest BCUT2D eigenvalue weighted by Crippen LogP contribution is -2.05. The van der Waals surface area contributed by atoms with Crippen molar-refractivity contribution in [2.24, 2.45) is 0 Å². The number of hydrogen-bond donors (Lipinski definition) is 1. The molecule has 21 heavy (non-hydrogen) atoms. The summed E-state index contributed by atoms with van der Waals surface area (Å²) in [4.78, 5) is 9.15. The molecule has 0 fully saturated rings. The fraction of sp³-hybridized carbons (Fsp3) is 0.222. The predicted octanol–water partition coefficient (Wildman–Crippen LogP) is 4.14. The van der Waals surface area contributed by atoms with Crippen LogP contribution in [0.2, 0.25) is 0 Å². The second kappa shape index (κ2) is 5.52. The molecule has 0 radical (unpaired) electrons. The SMILES string of the molecule is CCCc1nc(N)c(C)c(-c2cccc3ccccc23)n1. The second-order valence-corrected chi connectivity index (χ2v) is 5.28. The first kappa shape index (κ1) is 13.6. The van der Waals surface area contributed by atoms with Gasteiger partial charge in [-0.2, -0.15) is 0 Å². The molecule has 106 valence electrons. The second-order valence-electron chi connectivity index (χ2n) is 5.28. The summed E-state index contributed by atoms with van der Waals surface area (Å²) < 4.78 is 0. The number of nitrogens with zero attached hydrogens (tertiary/aromatic N) is 2. The highest BCUT2D eigenvalue weighted by Crippen LogP contribution is 2.31. The molecule has 3 aromatic rings. The van der Waals surface area contributed by atoms with Gasteiger partial charge in [0.1, 0.15) is 11.6 Å². The van der Waals surface area contributed by atoms with Gasteiger partial charge in [-0.3, -0.25) is 0 Å². The van der Waals surface area contributed by atoms with Gasteiger partial charge in [0.2, 0.25) is 0 Å². The maximum Gasteiger partial charge on any atom is 0.131 e. The van der Waals surface area contributed by atoms with Gasteiger partial charge in [-0.1, -0.05) is 49.4 Å². The topological polar surface area (TPSA) is 51.8 Å². The molecular weight excluding hydrogens is 258 g/mol. The van der Waals surface area contributed by atoms with Crippen molar-refractivity contribution in [2.45, 2.75) is 26.7 Å². The third kappa shape index (κ3) is 2.47. The number of hydrogen-bond acceptors (Lipinski definition) is 3. The van der Waals surface area contributed by atoms with E-state index in [1.54, 1.807) is 0 Å². The number of anilines is 1. The van der Waals surface area contributed by atoms with Gasteiger partial charge < -0.3 is 5.73 Å². The Bertz CT molecular complexity index is 788. The van der Waals surface area contributed by atoms with E-state index in [4.69, 9.17) is 10.7 Å². The molecule has 0 aliphatic heterocycles. The van der Waals surface area contributed by atoms with E-state index in [-0.39, 0.29) is 0 Å². The molecule has 0 atom stereocenters. The van der Waals surface area contributed by atoms with Crippen molar-refractivity contribution in [1.82, 2.24) is 9.97 Å². The molecule has 0 saturated carbocycles. The highest BCUT2D eigenvalue weighted by atomic mass is 15.0. The Morgan fingerprint density at radius 2 is 1.76 bits per heavy atom. The van der Waals surface area contributed by atoms with Gasteiger partial charge in [0.25, 0.3) is 0 Å². The third-order valence-corrected chi connectivity index (χ3v) is 3.75. The van der Waals surface area contributed by atoms with Crippen molar-refractivity contribution in [1.29, 1.82) is 0 Å². The molecule has 0 unspecified atom stereocenters. The van der Waals surface area contributed by atoms with E-state index >= 15 is 0 Å². The quantitative estimate of drug-likeness (QED) is 0.782. The van der Waals surface area contributed by atoms with Crippen molar-refractivity contribution < 1.29 is 0 Å². The van der Waals surface area contributed by atoms with E-state index in [2.05, 4.69) is 54.4 Å². The molecule has 0 bridgehead atoms. The van der Waals surface area contributed by atoms with Crippen LogP contribution < -0.4 is 5.73 Å². The van der Waals surface area contributed by atoms with Crippen LogP contribution in [0.15, 0.2) is 42.5 Å². The summed E-state index contributed by atoms with van der Waals surface area (Å²) in [6.45, 7) is 4.11. The Balaban J connectivity index is 2.27. The normalized spacial score (nSPS) is 11.0. The van der Waals surface area contributed by atoms with Crippen LogP contribution in [-0.2, 0) is 6.42 Å². The largest absolute Gasteiger partial charge is 0.383 e. The first-order valence-corrected chi connectivity index (χ1v) is 7.32. The summed E-state index contributed by atoms with van der Waals surface area (Å²) in [7, 11) is 0. The first-order chi connectivity index (χ1) is 10.2. The third-order valence-electron chi connectivity index (χ3n) is 3.75. The average Bonchev–Trinajstić information content (AvgIpc) is 2.50. The van der Waals surface area contributed by atoms with Gasteiger partial charge >= 0.3 is 0 Å². The molecule has 3 heteroatoms. The smallest absolute Gasteiger partial charge is 0.131 e. The molecular formula is C18H19N3. The number of fused-ring (bicyclic) bond motifs is 1. The lowest BCUT2D eigenvalue weighted by atomic mass is 9.99. The van der Waals surface area contributed by atoms with Crippen molar-refractivity contribution in [3.05, 3.63) is 53.9 Å². The molecule has 0 spiro atoms. The number of aryl methyl sites for hydroxylation is 1. The fourth-order valence-corrected chi connectivity index (χ4v) is 2.61. The van der Waals surface area contributed by atoms with E-state index in [9.17, 15) is 0 Å². The molecule has 0 amide bonds. The number of rotatable bonds is 3. The van der Waals surface area contributed by atoms with E-state index in [1.807, 2.05) is 6.92 Å². The van der Waals surface area contributed by atoms with Crippen LogP contribution in [0.4, 0.5) is 5.82 Å². The summed E-state index contributed by atoms with van der Waals surface area (Å²) >= 11 is 0. The Hall–Kier alpha value is -2.42. The Morgan fingerprint density at radius 1 is 1.00 bits per heavy atom. The van der Waals surface area contributed by atoms with Crippen molar-refractivity contribution >= 4 is 16.6 Å². The molecule has 1 heterocycles. The summed E-state index contributed by atoms with van der Waals surface area (Å²) in [6.07, 6.45) is 1.86. The molecule has 3 nitrogen and oxygen atoms in total. The average molecular weight is 277 g/mol. The molecule has 2 aromatic carbocycles. The minimum absolute atomic E-state index is 0.580. The minimum atomic E-state index is 0.580. The highest BCUT2D eigenvalue weighted by Gasteiger charge is 2.12. The van der Waals surface area contributed by atoms with E-state index in [1.165, 1.54) is 10.8 Å². The lowest BCUT2D eigenvalue weighted by Gasteiger charge is -2.12. The zero-order valence-electron chi connectivity index (χ0n) is 12.4. The van der Waals surface area contributed by atoms with Crippen LogP contribution in [0, 0.1) is 6.92 Å². The van der Waals surface area contributed by atoms with Crippen LogP contribution >= 0.6 is 0 Å². The number of benzene rings is 2. The van der Waals surface area contributed by atoms with E-state index < -0.39 is 0 Å². The Kier molecular flexibility index (Phi) is 3.57. The monoisotopic (exact) mass is 277 g/mol. The highest BCUT2D eigenvalue weighted by molar-refractivity contribution is 5.96. The lowest BCUT2D eigenvalue weighted by molar-refractivity contribution is 0.836. The number of aromatic nitrogens is 2. The summed E-state index contributed by atoms with van der Waals surface area (Å²) in [5.74, 6) is 1.40. The predicted molar refractivity (Wildman–Crippen MR) is 88.1 cm³/mol. The Morgan fingerprint density at radius 3 is 2.57 bits per heavy atom. The van der Waals surface area contributed by atoms with Crippen LogP contribution in [-0.4, -0.2) is 9.97 Å². The molecule has 0 saturated heterocycles. The molecule has 3 rings (SSSR count). The number of nitrogen functional groups attached to an aromatic ring is 1. The van der Waals surface area contributed by atoms with Gasteiger partial charge in [0.05, 0.1) is 5.69 Å². The zero-order chi connectivity index (χ0) is 14.8. The standard InChI is InChI=1S/C18H19N3/c1-3-7-16-20-17(12(2)18(19)21-16)15-11-6-9-13-8-4-5-10-14(13)15/h4-6,8-11H,3,7H2,1-2H3,(H2,19,20,21). The first-order valence-electron chi connectivity index (χ1n) is 7.32. The minimum Gasteiger partial charge on any atom is -0.383 e. The molecule has 0 aliphatic rings. The zero-order valence-corrected chi connectivity index (χ0v) is 12.4. The summed E-state index contributed by atoms with van der Waals surface area (Å²) in [5, 5.41) is 2.41. The van der Waals surface area contributed by atoms with Gasteiger partial charge in [-0.25, -0.2) is 9.97 Å². The number of nitrogens with two attached hydrogens (primary N) is 1. The molecule has 1 aromatic heterocycles. The van der Waals surface area contributed by atoms with E-state index in [0.717, 1.165) is 35.5 Å². The van der Waals surface area contributed by atoms with Crippen LogP contribution in [0.1, 0.15) is 24.7 Å².